The van der Waals surface area contributed by atoms with Crippen LogP contribution in [-0.4, -0.2) is 51.4 Å². The van der Waals surface area contributed by atoms with Crippen LogP contribution < -0.4 is 11.2 Å². The fraction of sp³-hybridized carbons (Fsp3) is 0.760. The molecule has 5 unspecified atom stereocenters. The number of nitrogens with two attached hydrogens (primary N) is 1. The fourth-order valence-corrected chi connectivity index (χ4v) is 8.59. The lowest BCUT2D eigenvalue weighted by Gasteiger charge is -2.65. The summed E-state index contributed by atoms with van der Waals surface area (Å²) < 4.78 is 5.20. The van der Waals surface area contributed by atoms with E-state index in [9.17, 15) is 20.1 Å². The number of aliphatic hydroxyl groups is 3. The quantitative estimate of drug-likeness (QED) is 0.245. The predicted octanol–water partition coefficient (Wildman–Crippen LogP) is 1.70. The van der Waals surface area contributed by atoms with Gasteiger partial charge in [-0.15, -0.1) is 0 Å². The molecule has 0 spiro atoms. The number of fused-ring (bicyclic) bond motifs is 5. The number of esters is 1. The predicted molar refractivity (Wildman–Crippen MR) is 122 cm³/mol. The second kappa shape index (κ2) is 7.55. The lowest BCUT2D eigenvalue weighted by Crippen LogP contribution is -2.68. The number of rotatable bonds is 4. The number of hydrogen-bond donors (Lipinski definition) is 5. The topological polar surface area (TPSA) is 137 Å². The minimum absolute atomic E-state index is 0.00270. The van der Waals surface area contributed by atoms with Gasteiger partial charge in [-0.25, -0.2) is 4.79 Å². The van der Waals surface area contributed by atoms with Crippen LogP contribution in [0, 0.1) is 28.6 Å². The first-order valence-electron chi connectivity index (χ1n) is 12.3. The van der Waals surface area contributed by atoms with Crippen LogP contribution in [-0.2, 0) is 9.53 Å². The molecule has 6 N–H and O–H groups in total. The molecule has 182 valence electrons. The van der Waals surface area contributed by atoms with Crippen LogP contribution in [0.25, 0.3) is 0 Å². The van der Waals surface area contributed by atoms with E-state index in [0.29, 0.717) is 45.1 Å². The summed E-state index contributed by atoms with van der Waals surface area (Å²) in [5, 5.41) is 39.0. The Labute approximate surface area is 195 Å². The zero-order chi connectivity index (χ0) is 23.6. The van der Waals surface area contributed by atoms with E-state index >= 15 is 0 Å². The van der Waals surface area contributed by atoms with Crippen LogP contribution in [0.5, 0.6) is 0 Å². The summed E-state index contributed by atoms with van der Waals surface area (Å²) >= 11 is 0. The van der Waals surface area contributed by atoms with Crippen LogP contribution in [0.1, 0.15) is 64.7 Å². The van der Waals surface area contributed by atoms with Crippen molar-refractivity contribution in [3.05, 3.63) is 24.0 Å². The molecule has 0 radical (unpaired) electrons. The van der Waals surface area contributed by atoms with Gasteiger partial charge in [0, 0.05) is 29.5 Å². The second-order valence-electron chi connectivity index (χ2n) is 11.4. The van der Waals surface area contributed by atoms with Gasteiger partial charge in [-0.3, -0.25) is 5.43 Å². The largest absolute Gasteiger partial charge is 0.458 e. The molecule has 8 nitrogen and oxygen atoms in total. The van der Waals surface area contributed by atoms with Crippen molar-refractivity contribution in [2.45, 2.75) is 82.0 Å². The van der Waals surface area contributed by atoms with E-state index in [0.717, 1.165) is 24.8 Å². The van der Waals surface area contributed by atoms with Crippen LogP contribution in [0.2, 0.25) is 0 Å². The van der Waals surface area contributed by atoms with Crippen LogP contribution >= 0.6 is 0 Å². The Morgan fingerprint density at radius 1 is 1.21 bits per heavy atom. The van der Waals surface area contributed by atoms with Gasteiger partial charge < -0.3 is 25.8 Å². The van der Waals surface area contributed by atoms with Crippen molar-refractivity contribution in [1.29, 1.82) is 0 Å². The van der Waals surface area contributed by atoms with E-state index < -0.39 is 22.7 Å². The maximum atomic E-state index is 12.3. The minimum Gasteiger partial charge on any atom is -0.458 e. The standard InChI is InChI=1S/C25H37N3O5/c1-15(26)28-27-14-23-8-3-17(29)12-24(23,31)9-5-20-19(23)4-7-22(2)18(6-10-25(20,22)32)16-11-21(30)33-13-16/h11,14,17-20,28-29,31-32H,1,3-10,12-13,26H2,2H3/b27-14+/t17-,18?,19+,20-,22?,23?,24?,25?/m1/s1. The smallest absolute Gasteiger partial charge is 0.331 e. The molecule has 0 aromatic rings. The molecule has 5 aliphatic rings. The van der Waals surface area contributed by atoms with Crippen molar-refractivity contribution in [3.63, 3.8) is 0 Å². The Hall–Kier alpha value is -1.90. The number of cyclic esters (lactones) is 1. The van der Waals surface area contributed by atoms with Gasteiger partial charge in [0.15, 0.2) is 0 Å². The van der Waals surface area contributed by atoms with Gasteiger partial charge >= 0.3 is 5.97 Å². The molecule has 0 aromatic carbocycles. The molecule has 4 aliphatic carbocycles. The fourth-order valence-electron chi connectivity index (χ4n) is 8.59. The summed E-state index contributed by atoms with van der Waals surface area (Å²) in [7, 11) is 0. The van der Waals surface area contributed by atoms with E-state index in [4.69, 9.17) is 10.5 Å². The van der Waals surface area contributed by atoms with E-state index in [2.05, 4.69) is 24.0 Å². The molecule has 5 rings (SSSR count). The number of carbonyl (C=O) groups is 1. The van der Waals surface area contributed by atoms with Gasteiger partial charge in [-0.2, -0.15) is 5.10 Å². The molecule has 1 aliphatic heterocycles. The molecule has 8 atom stereocenters. The first-order valence-corrected chi connectivity index (χ1v) is 12.3. The highest BCUT2D eigenvalue weighted by molar-refractivity contribution is 5.85. The first kappa shape index (κ1) is 22.9. The Kier molecular flexibility index (Phi) is 5.23. The van der Waals surface area contributed by atoms with Gasteiger partial charge in [0.1, 0.15) is 12.4 Å². The van der Waals surface area contributed by atoms with E-state index in [-0.39, 0.29) is 35.0 Å². The van der Waals surface area contributed by atoms with E-state index in [1.54, 1.807) is 12.3 Å². The molecule has 0 aromatic heterocycles. The van der Waals surface area contributed by atoms with Gasteiger partial charge in [0.2, 0.25) is 0 Å². The second-order valence-corrected chi connectivity index (χ2v) is 11.4. The average Bonchev–Trinajstić information content (AvgIpc) is 3.28. The number of nitrogens with zero attached hydrogens (tertiary/aromatic N) is 1. The third-order valence-electron chi connectivity index (χ3n) is 10.1. The molecular weight excluding hydrogens is 422 g/mol. The highest BCUT2D eigenvalue weighted by Crippen LogP contribution is 2.70. The molecule has 4 saturated carbocycles. The lowest BCUT2D eigenvalue weighted by atomic mass is 9.41. The SMILES string of the molecule is C=C(N)N/N=C/C12CC[C@@H](O)CC1(O)CC[C@@H]1[C@@H]2CCC2(C)C(C3=CC(=O)OC3)CCC12O. The summed E-state index contributed by atoms with van der Waals surface area (Å²) in [6.45, 7) is 6.14. The summed E-state index contributed by atoms with van der Waals surface area (Å²) in [6, 6.07) is 0. The van der Waals surface area contributed by atoms with Crippen molar-refractivity contribution >= 4 is 12.2 Å². The van der Waals surface area contributed by atoms with Crippen molar-refractivity contribution in [1.82, 2.24) is 5.43 Å². The number of hydrazone groups is 1. The number of aliphatic hydroxyl groups excluding tert-OH is 1. The van der Waals surface area contributed by atoms with E-state index in [1.165, 1.54) is 0 Å². The summed E-state index contributed by atoms with van der Waals surface area (Å²) in [6.07, 6.45) is 8.76. The van der Waals surface area contributed by atoms with Gasteiger partial charge in [-0.05, 0) is 74.7 Å². The zero-order valence-corrected chi connectivity index (χ0v) is 19.4. The summed E-state index contributed by atoms with van der Waals surface area (Å²) in [4.78, 5) is 11.7. The first-order chi connectivity index (χ1) is 15.5. The van der Waals surface area contributed by atoms with Crippen molar-refractivity contribution in [3.8, 4) is 0 Å². The minimum atomic E-state index is -1.08. The third-order valence-corrected chi connectivity index (χ3v) is 10.1. The Balaban J connectivity index is 1.52. The van der Waals surface area contributed by atoms with Crippen LogP contribution in [0.4, 0.5) is 0 Å². The summed E-state index contributed by atoms with van der Waals surface area (Å²) in [5.41, 5.74) is 6.40. The van der Waals surface area contributed by atoms with E-state index in [1.807, 2.05) is 0 Å². The van der Waals surface area contributed by atoms with Crippen LogP contribution in [0.3, 0.4) is 0 Å². The number of carbonyl (C=O) groups excluding carboxylic acids is 1. The van der Waals surface area contributed by atoms with Gasteiger partial charge in [0.05, 0.1) is 17.3 Å². The maximum Gasteiger partial charge on any atom is 0.331 e. The average molecular weight is 460 g/mol. The van der Waals surface area contributed by atoms with Crippen molar-refractivity contribution in [2.24, 2.45) is 39.4 Å². The number of hydrogen-bond acceptors (Lipinski definition) is 8. The Morgan fingerprint density at radius 3 is 2.67 bits per heavy atom. The highest BCUT2D eigenvalue weighted by atomic mass is 16.5. The molecule has 33 heavy (non-hydrogen) atoms. The third kappa shape index (κ3) is 3.13. The molecular formula is C25H37N3O5. The normalized spacial score (nSPS) is 49.1. The molecule has 0 saturated heterocycles. The van der Waals surface area contributed by atoms with Crippen molar-refractivity contribution < 1.29 is 24.9 Å². The van der Waals surface area contributed by atoms with Gasteiger partial charge in [0.25, 0.3) is 0 Å². The Bertz CT molecular complexity index is 920. The molecule has 1 heterocycles. The lowest BCUT2D eigenvalue weighted by molar-refractivity contribution is -0.237. The highest BCUT2D eigenvalue weighted by Gasteiger charge is 2.71. The summed E-state index contributed by atoms with van der Waals surface area (Å²) in [5.74, 6) is 0.0983. The maximum absolute atomic E-state index is 12.3. The van der Waals surface area contributed by atoms with Crippen LogP contribution in [0.15, 0.2) is 29.2 Å². The molecule has 0 amide bonds. The molecule has 0 bridgehead atoms. The Morgan fingerprint density at radius 2 is 1.97 bits per heavy atom. The van der Waals surface area contributed by atoms with Crippen molar-refractivity contribution in [2.75, 3.05) is 6.61 Å². The zero-order valence-electron chi connectivity index (χ0n) is 19.4. The van der Waals surface area contributed by atoms with Gasteiger partial charge in [-0.1, -0.05) is 13.5 Å². The monoisotopic (exact) mass is 459 g/mol. The number of nitrogens with one attached hydrogen (secondary N) is 1. The molecule has 8 heteroatoms. The number of ether oxygens (including phenoxy) is 1. The molecule has 4 fully saturated rings.